The third-order valence-electron chi connectivity index (χ3n) is 3.90. The lowest BCUT2D eigenvalue weighted by molar-refractivity contribution is 0.246. The molecule has 0 spiro atoms. The van der Waals surface area contributed by atoms with Gasteiger partial charge in [-0.05, 0) is 43.0 Å². The van der Waals surface area contributed by atoms with E-state index < -0.39 is 0 Å². The van der Waals surface area contributed by atoms with Gasteiger partial charge in [-0.25, -0.2) is 0 Å². The predicted molar refractivity (Wildman–Crippen MR) is 83.0 cm³/mol. The molecule has 3 heterocycles. The molecule has 20 heavy (non-hydrogen) atoms. The van der Waals surface area contributed by atoms with Crippen LogP contribution in [0.15, 0.2) is 21.9 Å². The molecular weight excluding hydrogens is 268 g/mol. The third kappa shape index (κ3) is 2.97. The molecule has 108 valence electrons. The van der Waals surface area contributed by atoms with E-state index in [9.17, 15) is 0 Å². The Kier molecular flexibility index (Phi) is 4.24. The first-order valence-electron chi connectivity index (χ1n) is 7.32. The standard InChI is InChI=1S/C16H22N2OS/c1-3-17-9-15-8-14(12(2)19-15)11-18-6-4-16-13(10-18)5-7-20-16/h5,7-8,17H,3-4,6,9-11H2,1-2H3. The fourth-order valence-electron chi connectivity index (χ4n) is 2.76. The molecule has 0 unspecified atom stereocenters. The minimum Gasteiger partial charge on any atom is -0.465 e. The van der Waals surface area contributed by atoms with E-state index in [1.54, 1.807) is 4.88 Å². The van der Waals surface area contributed by atoms with Gasteiger partial charge in [0.25, 0.3) is 0 Å². The van der Waals surface area contributed by atoms with Gasteiger partial charge >= 0.3 is 0 Å². The Morgan fingerprint density at radius 2 is 2.35 bits per heavy atom. The van der Waals surface area contributed by atoms with Gasteiger partial charge in [-0.3, -0.25) is 4.90 Å². The Labute approximate surface area is 124 Å². The maximum Gasteiger partial charge on any atom is 0.118 e. The molecule has 0 saturated heterocycles. The van der Waals surface area contributed by atoms with E-state index in [1.165, 1.54) is 17.5 Å². The van der Waals surface area contributed by atoms with E-state index in [-0.39, 0.29) is 0 Å². The zero-order valence-electron chi connectivity index (χ0n) is 12.2. The number of nitrogens with one attached hydrogen (secondary N) is 1. The van der Waals surface area contributed by atoms with Crippen molar-refractivity contribution in [2.24, 2.45) is 0 Å². The molecule has 4 heteroatoms. The van der Waals surface area contributed by atoms with Crippen molar-refractivity contribution in [2.45, 2.75) is 39.9 Å². The molecule has 0 amide bonds. The molecule has 0 aromatic carbocycles. The Bertz CT molecular complexity index is 573. The Hall–Kier alpha value is -1.10. The van der Waals surface area contributed by atoms with E-state index in [0.717, 1.165) is 44.2 Å². The van der Waals surface area contributed by atoms with Crippen LogP contribution in [-0.4, -0.2) is 18.0 Å². The van der Waals surface area contributed by atoms with Crippen molar-refractivity contribution in [1.82, 2.24) is 10.2 Å². The van der Waals surface area contributed by atoms with Crippen molar-refractivity contribution in [3.8, 4) is 0 Å². The van der Waals surface area contributed by atoms with Crippen molar-refractivity contribution < 1.29 is 4.42 Å². The lowest BCUT2D eigenvalue weighted by Gasteiger charge is -2.26. The van der Waals surface area contributed by atoms with Crippen LogP contribution >= 0.6 is 11.3 Å². The normalized spacial score (nSPS) is 15.5. The second-order valence-corrected chi connectivity index (χ2v) is 6.40. The molecule has 0 atom stereocenters. The topological polar surface area (TPSA) is 28.4 Å². The quantitative estimate of drug-likeness (QED) is 0.915. The van der Waals surface area contributed by atoms with Crippen LogP contribution in [0, 0.1) is 6.92 Å². The molecule has 0 aliphatic carbocycles. The van der Waals surface area contributed by atoms with E-state index in [4.69, 9.17) is 4.42 Å². The number of thiophene rings is 1. The van der Waals surface area contributed by atoms with E-state index in [2.05, 4.69) is 41.6 Å². The van der Waals surface area contributed by atoms with Crippen molar-refractivity contribution in [3.05, 3.63) is 45.0 Å². The number of hydrogen-bond acceptors (Lipinski definition) is 4. The summed E-state index contributed by atoms with van der Waals surface area (Å²) in [5.74, 6) is 2.11. The van der Waals surface area contributed by atoms with Crippen LogP contribution in [0.5, 0.6) is 0 Å². The predicted octanol–water partition coefficient (Wildman–Crippen LogP) is 3.32. The van der Waals surface area contributed by atoms with Crippen molar-refractivity contribution >= 4 is 11.3 Å². The molecule has 0 radical (unpaired) electrons. The van der Waals surface area contributed by atoms with Gasteiger partial charge in [0, 0.05) is 30.1 Å². The highest BCUT2D eigenvalue weighted by Crippen LogP contribution is 2.26. The van der Waals surface area contributed by atoms with Crippen molar-refractivity contribution in [3.63, 3.8) is 0 Å². The highest BCUT2D eigenvalue weighted by atomic mass is 32.1. The Morgan fingerprint density at radius 1 is 1.45 bits per heavy atom. The van der Waals surface area contributed by atoms with Gasteiger partial charge in [0.15, 0.2) is 0 Å². The molecule has 1 aliphatic heterocycles. The van der Waals surface area contributed by atoms with Crippen LogP contribution in [0.4, 0.5) is 0 Å². The summed E-state index contributed by atoms with van der Waals surface area (Å²) in [5.41, 5.74) is 2.84. The maximum atomic E-state index is 5.83. The molecule has 0 saturated carbocycles. The second-order valence-electron chi connectivity index (χ2n) is 5.40. The van der Waals surface area contributed by atoms with Gasteiger partial charge in [0.1, 0.15) is 11.5 Å². The minimum absolute atomic E-state index is 0.825. The fraction of sp³-hybridized carbons (Fsp3) is 0.500. The molecule has 0 bridgehead atoms. The molecular formula is C16H22N2OS. The summed E-state index contributed by atoms with van der Waals surface area (Å²) in [4.78, 5) is 4.09. The summed E-state index contributed by atoms with van der Waals surface area (Å²) in [5, 5.41) is 5.53. The van der Waals surface area contributed by atoms with Gasteiger partial charge in [0.05, 0.1) is 6.54 Å². The summed E-state index contributed by atoms with van der Waals surface area (Å²) in [6.07, 6.45) is 1.19. The van der Waals surface area contributed by atoms with Crippen LogP contribution in [0.25, 0.3) is 0 Å². The first kappa shape index (κ1) is 13.9. The lowest BCUT2D eigenvalue weighted by atomic mass is 10.1. The molecule has 3 rings (SSSR count). The van der Waals surface area contributed by atoms with Crippen LogP contribution in [-0.2, 0) is 26.1 Å². The lowest BCUT2D eigenvalue weighted by Crippen LogP contribution is -2.29. The van der Waals surface area contributed by atoms with Crippen molar-refractivity contribution in [1.29, 1.82) is 0 Å². The molecule has 0 fully saturated rings. The first-order valence-corrected chi connectivity index (χ1v) is 8.20. The Morgan fingerprint density at radius 3 is 3.20 bits per heavy atom. The summed E-state index contributed by atoms with van der Waals surface area (Å²) >= 11 is 1.90. The monoisotopic (exact) mass is 290 g/mol. The summed E-state index contributed by atoms with van der Waals surface area (Å²) in [6, 6.07) is 4.48. The van der Waals surface area contributed by atoms with Gasteiger partial charge in [-0.2, -0.15) is 0 Å². The number of aryl methyl sites for hydroxylation is 1. The van der Waals surface area contributed by atoms with Crippen LogP contribution < -0.4 is 5.32 Å². The number of rotatable bonds is 5. The largest absolute Gasteiger partial charge is 0.465 e. The molecule has 2 aromatic rings. The molecule has 1 N–H and O–H groups in total. The number of furan rings is 1. The van der Waals surface area contributed by atoms with E-state index in [0.29, 0.717) is 0 Å². The first-order chi connectivity index (χ1) is 9.76. The van der Waals surface area contributed by atoms with Gasteiger partial charge in [0.2, 0.25) is 0 Å². The minimum atomic E-state index is 0.825. The maximum absolute atomic E-state index is 5.83. The smallest absolute Gasteiger partial charge is 0.118 e. The number of hydrogen-bond donors (Lipinski definition) is 1. The summed E-state index contributed by atoms with van der Waals surface area (Å²) in [6.45, 7) is 9.21. The van der Waals surface area contributed by atoms with Crippen molar-refractivity contribution in [2.75, 3.05) is 13.1 Å². The van der Waals surface area contributed by atoms with Crippen LogP contribution in [0.1, 0.15) is 34.4 Å². The SMILES string of the molecule is CCNCc1cc(CN2CCc3sccc3C2)c(C)o1. The summed E-state index contributed by atoms with van der Waals surface area (Å²) in [7, 11) is 0. The molecule has 1 aliphatic rings. The average Bonchev–Trinajstić information content (AvgIpc) is 3.03. The number of fused-ring (bicyclic) bond motifs is 1. The molecule has 3 nitrogen and oxygen atoms in total. The van der Waals surface area contributed by atoms with Crippen LogP contribution in [0.2, 0.25) is 0 Å². The third-order valence-corrected chi connectivity index (χ3v) is 4.92. The zero-order valence-corrected chi connectivity index (χ0v) is 13.1. The highest BCUT2D eigenvalue weighted by molar-refractivity contribution is 7.10. The number of nitrogens with zero attached hydrogens (tertiary/aromatic N) is 1. The van der Waals surface area contributed by atoms with Crippen LogP contribution in [0.3, 0.4) is 0 Å². The average molecular weight is 290 g/mol. The Balaban J connectivity index is 1.65. The fourth-order valence-corrected chi connectivity index (χ4v) is 3.65. The second kappa shape index (κ2) is 6.12. The van der Waals surface area contributed by atoms with Gasteiger partial charge in [-0.15, -0.1) is 11.3 Å². The molecule has 2 aromatic heterocycles. The van der Waals surface area contributed by atoms with Gasteiger partial charge < -0.3 is 9.73 Å². The van der Waals surface area contributed by atoms with E-state index >= 15 is 0 Å². The van der Waals surface area contributed by atoms with E-state index in [1.807, 2.05) is 11.3 Å². The summed E-state index contributed by atoms with van der Waals surface area (Å²) < 4.78 is 5.83. The zero-order chi connectivity index (χ0) is 13.9. The van der Waals surface area contributed by atoms with Gasteiger partial charge in [-0.1, -0.05) is 6.92 Å². The highest BCUT2D eigenvalue weighted by Gasteiger charge is 2.19.